The van der Waals surface area contributed by atoms with Gasteiger partial charge in [0.05, 0.1) is 53.1 Å². The van der Waals surface area contributed by atoms with Gasteiger partial charge in [-0.3, -0.25) is 9.69 Å². The highest BCUT2D eigenvalue weighted by Gasteiger charge is 2.54. The van der Waals surface area contributed by atoms with Crippen molar-refractivity contribution in [2.45, 2.75) is 37.5 Å². The maximum atomic E-state index is 13.5. The van der Waals surface area contributed by atoms with Crippen molar-refractivity contribution in [1.29, 1.82) is 0 Å². The Morgan fingerprint density at radius 1 is 0.938 bits per heavy atom. The number of rotatable bonds is 8. The van der Waals surface area contributed by atoms with Crippen LogP contribution in [0, 0.1) is 17.8 Å². The monoisotopic (exact) mass is 669 g/mol. The summed E-state index contributed by atoms with van der Waals surface area (Å²) in [4.78, 5) is 41.9. The number of benzene rings is 2. The van der Waals surface area contributed by atoms with Crippen LogP contribution in [-0.2, 0) is 25.4 Å². The van der Waals surface area contributed by atoms with Gasteiger partial charge in [-0.25, -0.2) is 9.59 Å². The normalized spacial score (nSPS) is 24.5. The summed E-state index contributed by atoms with van der Waals surface area (Å²) in [5, 5.41) is 8.41. The fourth-order valence-electron chi connectivity index (χ4n) is 7.76. The molecule has 48 heavy (non-hydrogen) atoms. The van der Waals surface area contributed by atoms with Gasteiger partial charge in [-0.05, 0) is 60.9 Å². The molecule has 1 aliphatic carbocycles. The van der Waals surface area contributed by atoms with E-state index in [0.29, 0.717) is 23.7 Å². The van der Waals surface area contributed by atoms with Crippen molar-refractivity contribution < 1.29 is 52.6 Å². The van der Waals surface area contributed by atoms with Gasteiger partial charge in [0, 0.05) is 42.9 Å². The zero-order valence-electron chi connectivity index (χ0n) is 27.9. The van der Waals surface area contributed by atoms with Gasteiger partial charge < -0.3 is 49.0 Å². The van der Waals surface area contributed by atoms with E-state index in [9.17, 15) is 9.59 Å². The quantitative estimate of drug-likeness (QED) is 0.296. The first-order valence-corrected chi connectivity index (χ1v) is 15.6. The van der Waals surface area contributed by atoms with Crippen molar-refractivity contribution >= 4 is 28.9 Å². The number of amides is 1. The van der Waals surface area contributed by atoms with Gasteiger partial charge in [0.15, 0.2) is 11.5 Å². The van der Waals surface area contributed by atoms with Crippen LogP contribution in [0.15, 0.2) is 30.3 Å². The Morgan fingerprint density at radius 3 is 2.21 bits per heavy atom. The number of H-pyrrole nitrogens is 1. The van der Waals surface area contributed by atoms with Crippen molar-refractivity contribution in [1.82, 2.24) is 9.88 Å². The number of nitrogens with two attached hydrogens (primary N) is 1. The van der Waals surface area contributed by atoms with Gasteiger partial charge in [0.2, 0.25) is 5.75 Å². The van der Waals surface area contributed by atoms with Crippen LogP contribution in [0.25, 0.3) is 10.9 Å². The third-order valence-corrected chi connectivity index (χ3v) is 9.76. The molecule has 2 fully saturated rings. The number of aromatic amines is 1. The first-order valence-electron chi connectivity index (χ1n) is 15.6. The fraction of sp³-hybridized carbons (Fsp3) is 0.500. The number of esters is 2. The minimum atomic E-state index is -1.33. The van der Waals surface area contributed by atoms with Gasteiger partial charge in [-0.15, -0.1) is 0 Å². The van der Waals surface area contributed by atoms with Crippen molar-refractivity contribution in [2.75, 3.05) is 55.7 Å². The predicted octanol–water partition coefficient (Wildman–Crippen LogP) is 3.79. The van der Waals surface area contributed by atoms with Gasteiger partial charge in [0.1, 0.15) is 18.0 Å². The molecule has 3 aliphatic rings. The number of carbonyl (C=O) groups is 3. The molecule has 2 aromatic carbocycles. The number of nitrogens with zero attached hydrogens (tertiary/aromatic N) is 1. The summed E-state index contributed by atoms with van der Waals surface area (Å²) >= 11 is 0. The summed E-state index contributed by atoms with van der Waals surface area (Å²) in [7, 11) is 9.10. The number of hydrogen-bond donors (Lipinski definition) is 3. The second kappa shape index (κ2) is 14.6. The lowest BCUT2D eigenvalue weighted by Crippen LogP contribution is -2.58. The molecule has 3 aromatic rings. The Labute approximate surface area is 278 Å². The number of aromatic nitrogens is 1. The Bertz CT molecular complexity index is 1630. The van der Waals surface area contributed by atoms with Crippen molar-refractivity contribution in [3.63, 3.8) is 0 Å². The van der Waals surface area contributed by atoms with E-state index in [1.54, 1.807) is 26.4 Å². The van der Waals surface area contributed by atoms with E-state index >= 15 is 0 Å². The highest BCUT2D eigenvalue weighted by atomic mass is 16.6. The SMILES string of the molecule is COC(=O)[C@H]1[C@H]2C[C@@H]3c4[nH]c5cc(OC)ccc5c4CCN3C[C@H]2C[C@@H](OC(=O)c2cc(OC)c(OC)c(OC)c2)[C@@H]1OC.NC(=O)O. The highest BCUT2D eigenvalue weighted by molar-refractivity contribution is 5.91. The van der Waals surface area contributed by atoms with E-state index in [0.717, 1.165) is 37.2 Å². The lowest BCUT2D eigenvalue weighted by atomic mass is 9.63. The van der Waals surface area contributed by atoms with Crippen LogP contribution in [0.5, 0.6) is 23.0 Å². The fourth-order valence-corrected chi connectivity index (χ4v) is 7.76. The standard InChI is InChI=1S/C33H40N2O9.CH3NO2/c1-38-19-7-8-20-21-9-10-35-16-18-13-27(44-32(36)17-11-25(39-2)30(41-4)26(12-17)40-3)31(42-5)28(33(37)43-6)22(18)15-24(35)29(21)34-23(20)14-19;2-1(3)4/h7-8,11-12,14,18,22,24,27-28,31,34H,9-10,13,15-16H2,1-6H3;2H2,(H,3,4)/t18-,22+,24-,27-,28+,31+;/m1./s1. The predicted molar refractivity (Wildman–Crippen MR) is 173 cm³/mol. The zero-order chi connectivity index (χ0) is 34.7. The maximum absolute atomic E-state index is 13.5. The Morgan fingerprint density at radius 2 is 1.62 bits per heavy atom. The molecule has 1 saturated carbocycles. The first kappa shape index (κ1) is 34.6. The molecule has 0 unspecified atom stereocenters. The highest BCUT2D eigenvalue weighted by Crippen LogP contribution is 2.51. The second-order valence-corrected chi connectivity index (χ2v) is 12.0. The van der Waals surface area contributed by atoms with Gasteiger partial charge in [-0.2, -0.15) is 0 Å². The van der Waals surface area contributed by atoms with E-state index in [2.05, 4.69) is 21.7 Å². The van der Waals surface area contributed by atoms with E-state index in [4.69, 9.17) is 43.1 Å². The molecular weight excluding hydrogens is 626 g/mol. The molecule has 3 heterocycles. The number of hydrogen-bond acceptors (Lipinski definition) is 11. The maximum Gasteiger partial charge on any atom is 0.402 e. The van der Waals surface area contributed by atoms with E-state index < -0.39 is 30.2 Å². The number of ether oxygens (including phenoxy) is 7. The second-order valence-electron chi connectivity index (χ2n) is 12.0. The molecule has 6 rings (SSSR count). The molecule has 0 spiro atoms. The van der Waals surface area contributed by atoms with Crippen LogP contribution in [-0.4, -0.2) is 101 Å². The summed E-state index contributed by atoms with van der Waals surface area (Å²) in [6.45, 7) is 1.68. The Kier molecular flexibility index (Phi) is 10.5. The molecule has 2 aliphatic heterocycles. The molecule has 14 nitrogen and oxygen atoms in total. The Balaban J connectivity index is 0.00000107. The summed E-state index contributed by atoms with van der Waals surface area (Å²) in [5.74, 6) is 0.441. The van der Waals surface area contributed by atoms with Crippen molar-refractivity contribution in [2.24, 2.45) is 23.5 Å². The molecule has 0 bridgehead atoms. The average Bonchev–Trinajstić information content (AvgIpc) is 3.47. The van der Waals surface area contributed by atoms with Gasteiger partial charge >= 0.3 is 18.0 Å². The van der Waals surface area contributed by atoms with E-state index in [-0.39, 0.29) is 29.4 Å². The molecule has 4 N–H and O–H groups in total. The molecule has 14 heteroatoms. The summed E-state index contributed by atoms with van der Waals surface area (Å²) in [5.41, 5.74) is 7.86. The van der Waals surface area contributed by atoms with Crippen LogP contribution in [0.2, 0.25) is 0 Å². The van der Waals surface area contributed by atoms with Crippen molar-refractivity contribution in [3.05, 3.63) is 47.2 Å². The number of methoxy groups -OCH3 is 6. The minimum Gasteiger partial charge on any atom is -0.497 e. The third kappa shape index (κ3) is 6.54. The number of carboxylic acid groups (broad SMARTS) is 1. The van der Waals surface area contributed by atoms with Crippen LogP contribution in [0.4, 0.5) is 4.79 Å². The summed E-state index contributed by atoms with van der Waals surface area (Å²) < 4.78 is 39.1. The molecule has 1 amide bonds. The van der Waals surface area contributed by atoms with Crippen LogP contribution in [0.1, 0.15) is 40.5 Å². The van der Waals surface area contributed by atoms with E-state index in [1.165, 1.54) is 45.1 Å². The number of carbonyl (C=O) groups excluding carboxylic acids is 2. The molecule has 1 aromatic heterocycles. The van der Waals surface area contributed by atoms with E-state index in [1.807, 2.05) is 12.1 Å². The lowest BCUT2D eigenvalue weighted by Gasteiger charge is -2.52. The largest absolute Gasteiger partial charge is 0.497 e. The zero-order valence-corrected chi connectivity index (χ0v) is 27.9. The topological polar surface area (TPSA) is 181 Å². The number of primary amides is 1. The summed E-state index contributed by atoms with van der Waals surface area (Å²) in [6, 6.07) is 9.40. The number of fused-ring (bicyclic) bond motifs is 6. The van der Waals surface area contributed by atoms with Crippen LogP contribution < -0.4 is 24.7 Å². The van der Waals surface area contributed by atoms with Crippen LogP contribution in [0.3, 0.4) is 0 Å². The lowest BCUT2D eigenvalue weighted by molar-refractivity contribution is -0.176. The smallest absolute Gasteiger partial charge is 0.402 e. The van der Waals surface area contributed by atoms with Gasteiger partial charge in [-0.1, -0.05) is 0 Å². The molecule has 260 valence electrons. The molecular formula is C34H43N3O11. The number of piperidine rings is 1. The minimum absolute atomic E-state index is 0.0170. The first-order chi connectivity index (χ1) is 23.1. The van der Waals surface area contributed by atoms with Crippen LogP contribution >= 0.6 is 0 Å². The van der Waals surface area contributed by atoms with Gasteiger partial charge in [0.25, 0.3) is 0 Å². The number of nitrogens with one attached hydrogen (secondary N) is 1. The van der Waals surface area contributed by atoms with Crippen molar-refractivity contribution in [3.8, 4) is 23.0 Å². The summed E-state index contributed by atoms with van der Waals surface area (Å²) in [6.07, 6.45) is -0.414. The Hall–Kier alpha value is -4.69. The average molecular weight is 670 g/mol. The molecule has 6 atom stereocenters. The molecule has 0 radical (unpaired) electrons. The third-order valence-electron chi connectivity index (χ3n) is 9.76. The molecule has 1 saturated heterocycles.